The lowest BCUT2D eigenvalue weighted by Gasteiger charge is -2.33. The van der Waals surface area contributed by atoms with Crippen molar-refractivity contribution in [2.75, 3.05) is 24.5 Å². The Labute approximate surface area is 137 Å². The van der Waals surface area contributed by atoms with E-state index in [-0.39, 0.29) is 30.3 Å². The van der Waals surface area contributed by atoms with Crippen LogP contribution < -0.4 is 4.90 Å². The summed E-state index contributed by atoms with van der Waals surface area (Å²) in [5.74, 6) is -1.52. The number of pyridine rings is 1. The molecule has 0 radical (unpaired) electrons. The van der Waals surface area contributed by atoms with Gasteiger partial charge >= 0.3 is 0 Å². The van der Waals surface area contributed by atoms with Crippen molar-refractivity contribution < 1.29 is 18.4 Å². The van der Waals surface area contributed by atoms with E-state index in [0.29, 0.717) is 18.9 Å². The number of hydrogen-bond donors (Lipinski definition) is 0. The third kappa shape index (κ3) is 3.40. The zero-order valence-electron chi connectivity index (χ0n) is 12.8. The standard InChI is InChI=1S/C17H15F2N3O2/c18-13-5-4-12(14(19)10-13)9-16(23)21-7-8-22(17(24)11-21)15-3-1-2-6-20-15/h1-6,10H,7-9,11H2. The van der Waals surface area contributed by atoms with Gasteiger partial charge in [-0.05, 0) is 23.8 Å². The number of halogens is 2. The molecule has 5 nitrogen and oxygen atoms in total. The molecule has 1 fully saturated rings. The van der Waals surface area contributed by atoms with Crippen molar-refractivity contribution in [3.05, 3.63) is 59.8 Å². The quantitative estimate of drug-likeness (QED) is 0.861. The second kappa shape index (κ2) is 6.74. The third-order valence-electron chi connectivity index (χ3n) is 3.86. The van der Waals surface area contributed by atoms with Crippen LogP contribution in [0.2, 0.25) is 0 Å². The molecule has 0 saturated carbocycles. The van der Waals surface area contributed by atoms with Gasteiger partial charge in [-0.15, -0.1) is 0 Å². The molecule has 0 unspecified atom stereocenters. The van der Waals surface area contributed by atoms with E-state index in [1.807, 2.05) is 0 Å². The molecule has 3 rings (SSSR count). The Bertz CT molecular complexity index is 768. The van der Waals surface area contributed by atoms with Crippen molar-refractivity contribution in [2.45, 2.75) is 6.42 Å². The molecule has 124 valence electrons. The van der Waals surface area contributed by atoms with Gasteiger partial charge in [-0.3, -0.25) is 14.5 Å². The van der Waals surface area contributed by atoms with E-state index in [1.54, 1.807) is 24.4 Å². The summed E-state index contributed by atoms with van der Waals surface area (Å²) in [7, 11) is 0. The van der Waals surface area contributed by atoms with E-state index in [1.165, 1.54) is 15.9 Å². The van der Waals surface area contributed by atoms with Crippen LogP contribution in [-0.4, -0.2) is 41.3 Å². The van der Waals surface area contributed by atoms with Gasteiger partial charge in [-0.25, -0.2) is 13.8 Å². The Kier molecular flexibility index (Phi) is 4.50. The number of carbonyl (C=O) groups is 2. The molecule has 1 saturated heterocycles. The Morgan fingerprint density at radius 1 is 1.17 bits per heavy atom. The molecule has 2 amide bonds. The van der Waals surface area contributed by atoms with Crippen LogP contribution in [0, 0.1) is 11.6 Å². The predicted octanol–water partition coefficient (Wildman–Crippen LogP) is 1.78. The van der Waals surface area contributed by atoms with Crippen molar-refractivity contribution in [3.8, 4) is 0 Å². The van der Waals surface area contributed by atoms with Crippen LogP contribution in [0.4, 0.5) is 14.6 Å². The number of carbonyl (C=O) groups excluding carboxylic acids is 2. The van der Waals surface area contributed by atoms with E-state index in [0.717, 1.165) is 12.1 Å². The highest BCUT2D eigenvalue weighted by Gasteiger charge is 2.28. The fraction of sp³-hybridized carbons (Fsp3) is 0.235. The van der Waals surface area contributed by atoms with E-state index in [2.05, 4.69) is 4.98 Å². The van der Waals surface area contributed by atoms with E-state index in [9.17, 15) is 18.4 Å². The lowest BCUT2D eigenvalue weighted by Crippen LogP contribution is -2.53. The molecule has 2 aromatic rings. The van der Waals surface area contributed by atoms with Gasteiger partial charge in [-0.1, -0.05) is 12.1 Å². The summed E-state index contributed by atoms with van der Waals surface area (Å²) in [6.07, 6.45) is 1.39. The Morgan fingerprint density at radius 3 is 2.67 bits per heavy atom. The van der Waals surface area contributed by atoms with Crippen LogP contribution in [0.5, 0.6) is 0 Å². The van der Waals surface area contributed by atoms with Crippen molar-refractivity contribution in [2.24, 2.45) is 0 Å². The van der Waals surface area contributed by atoms with Crippen molar-refractivity contribution >= 4 is 17.6 Å². The first-order valence-electron chi connectivity index (χ1n) is 7.47. The molecule has 0 N–H and O–H groups in total. The summed E-state index contributed by atoms with van der Waals surface area (Å²) in [5, 5.41) is 0. The fourth-order valence-corrected chi connectivity index (χ4v) is 2.58. The number of piperazine rings is 1. The topological polar surface area (TPSA) is 53.5 Å². The maximum atomic E-state index is 13.6. The highest BCUT2D eigenvalue weighted by atomic mass is 19.1. The van der Waals surface area contributed by atoms with Crippen molar-refractivity contribution in [3.63, 3.8) is 0 Å². The second-order valence-corrected chi connectivity index (χ2v) is 5.46. The number of amides is 2. The minimum Gasteiger partial charge on any atom is -0.331 e. The number of benzene rings is 1. The van der Waals surface area contributed by atoms with Crippen molar-refractivity contribution in [1.82, 2.24) is 9.88 Å². The Balaban J connectivity index is 1.65. The molecule has 0 bridgehead atoms. The Morgan fingerprint density at radius 2 is 2.00 bits per heavy atom. The second-order valence-electron chi connectivity index (χ2n) is 5.46. The third-order valence-corrected chi connectivity index (χ3v) is 3.86. The SMILES string of the molecule is O=C(Cc1ccc(F)cc1F)N1CCN(c2ccccn2)C(=O)C1. The maximum absolute atomic E-state index is 13.6. The van der Waals surface area contributed by atoms with Gasteiger partial charge in [0.2, 0.25) is 11.8 Å². The molecule has 0 atom stereocenters. The summed E-state index contributed by atoms with van der Waals surface area (Å²) >= 11 is 0. The largest absolute Gasteiger partial charge is 0.331 e. The van der Waals surface area contributed by atoms with Gasteiger partial charge in [-0.2, -0.15) is 0 Å². The number of aromatic nitrogens is 1. The fourth-order valence-electron chi connectivity index (χ4n) is 2.58. The molecule has 1 aromatic heterocycles. The molecular weight excluding hydrogens is 316 g/mol. The summed E-state index contributed by atoms with van der Waals surface area (Å²) in [4.78, 5) is 31.5. The van der Waals surface area contributed by atoms with Gasteiger partial charge in [0.1, 0.15) is 24.0 Å². The molecule has 1 aliphatic heterocycles. The minimum absolute atomic E-state index is 0.0851. The van der Waals surface area contributed by atoms with E-state index >= 15 is 0 Å². The van der Waals surface area contributed by atoms with Gasteiger partial charge in [0, 0.05) is 25.4 Å². The Hall–Kier alpha value is -2.83. The number of nitrogens with zero attached hydrogens (tertiary/aromatic N) is 3. The highest BCUT2D eigenvalue weighted by Crippen LogP contribution is 2.16. The van der Waals surface area contributed by atoms with Crippen LogP contribution in [0.3, 0.4) is 0 Å². The summed E-state index contributed by atoms with van der Waals surface area (Å²) in [6, 6.07) is 8.36. The van der Waals surface area contributed by atoms with E-state index in [4.69, 9.17) is 0 Å². The van der Waals surface area contributed by atoms with Crippen LogP contribution in [-0.2, 0) is 16.0 Å². The molecular formula is C17H15F2N3O2. The molecule has 0 spiro atoms. The molecule has 2 heterocycles. The summed E-state index contributed by atoms with van der Waals surface area (Å²) in [6.45, 7) is 0.579. The smallest absolute Gasteiger partial charge is 0.247 e. The normalized spacial score (nSPS) is 14.8. The lowest BCUT2D eigenvalue weighted by atomic mass is 10.1. The average Bonchev–Trinajstić information content (AvgIpc) is 2.58. The zero-order chi connectivity index (χ0) is 17.1. The van der Waals surface area contributed by atoms with Gasteiger partial charge < -0.3 is 4.90 Å². The van der Waals surface area contributed by atoms with Crippen molar-refractivity contribution in [1.29, 1.82) is 0 Å². The van der Waals surface area contributed by atoms with Gasteiger partial charge in [0.05, 0.1) is 6.42 Å². The first kappa shape index (κ1) is 16.0. The van der Waals surface area contributed by atoms with Crippen LogP contribution >= 0.6 is 0 Å². The molecule has 24 heavy (non-hydrogen) atoms. The molecule has 7 heteroatoms. The predicted molar refractivity (Wildman–Crippen MR) is 83.2 cm³/mol. The first-order valence-corrected chi connectivity index (χ1v) is 7.47. The molecule has 1 aromatic carbocycles. The van der Waals surface area contributed by atoms with Crippen LogP contribution in [0.1, 0.15) is 5.56 Å². The van der Waals surface area contributed by atoms with Gasteiger partial charge in [0.25, 0.3) is 0 Å². The number of hydrogen-bond acceptors (Lipinski definition) is 3. The van der Waals surface area contributed by atoms with Gasteiger partial charge in [0.15, 0.2) is 0 Å². The summed E-state index contributed by atoms with van der Waals surface area (Å²) < 4.78 is 26.5. The molecule has 0 aliphatic carbocycles. The average molecular weight is 331 g/mol. The van der Waals surface area contributed by atoms with Crippen LogP contribution in [0.25, 0.3) is 0 Å². The zero-order valence-corrected chi connectivity index (χ0v) is 12.8. The van der Waals surface area contributed by atoms with Crippen LogP contribution in [0.15, 0.2) is 42.6 Å². The van der Waals surface area contributed by atoms with E-state index < -0.39 is 11.6 Å². The summed E-state index contributed by atoms with van der Waals surface area (Å²) in [5.41, 5.74) is 0.112. The lowest BCUT2D eigenvalue weighted by molar-refractivity contribution is -0.136. The highest BCUT2D eigenvalue weighted by molar-refractivity contribution is 5.97. The number of anilines is 1. The first-order chi connectivity index (χ1) is 11.5. The molecule has 1 aliphatic rings. The number of rotatable bonds is 3. The monoisotopic (exact) mass is 331 g/mol. The minimum atomic E-state index is -0.762. The maximum Gasteiger partial charge on any atom is 0.247 e.